The van der Waals surface area contributed by atoms with Crippen LogP contribution in [-0.2, 0) is 52.5 Å². The molecule has 1 aliphatic heterocycles. The van der Waals surface area contributed by atoms with E-state index < -0.39 is 42.3 Å². The van der Waals surface area contributed by atoms with Crippen molar-refractivity contribution in [1.82, 2.24) is 0 Å². The van der Waals surface area contributed by atoms with E-state index in [1.54, 1.807) is 21.0 Å². The van der Waals surface area contributed by atoms with Crippen molar-refractivity contribution in [2.24, 2.45) is 0 Å². The van der Waals surface area contributed by atoms with Crippen molar-refractivity contribution < 1.29 is 52.5 Å². The highest BCUT2D eigenvalue weighted by molar-refractivity contribution is 5.87. The lowest BCUT2D eigenvalue weighted by atomic mass is 10.1. The number of ether oxygens (including phenoxy) is 5. The summed E-state index contributed by atoms with van der Waals surface area (Å²) in [7, 11) is 3.11. The van der Waals surface area contributed by atoms with Gasteiger partial charge in [0, 0.05) is 40.1 Å². The molecule has 0 aromatic heterocycles. The van der Waals surface area contributed by atoms with Crippen LogP contribution in [0.15, 0.2) is 0 Å². The first-order chi connectivity index (χ1) is 18.8. The van der Waals surface area contributed by atoms with E-state index in [0.717, 1.165) is 58.0 Å². The standard InChI is InChI=1S/C8H14O4.C8H16O2.C7H12O.C6H8O4/c1-5(9)6(2)12-8(10)7(3)11-4;1-8(9)6-4-3-5-7-10-2;8-7-5-3-1-2-4-6-7;1-3-5(7)10-4(2)6(8)9-3/h6-7H,1-4H3;3-7H2,1-2H3;1-6H2;3-4H,1-2H3. The van der Waals surface area contributed by atoms with E-state index in [-0.39, 0.29) is 11.6 Å². The van der Waals surface area contributed by atoms with Crippen molar-refractivity contribution in [3.05, 3.63) is 0 Å². The minimum atomic E-state index is -0.747. The van der Waals surface area contributed by atoms with Crippen LogP contribution >= 0.6 is 0 Å². The van der Waals surface area contributed by atoms with Gasteiger partial charge in [0.15, 0.2) is 30.2 Å². The summed E-state index contributed by atoms with van der Waals surface area (Å²) in [6, 6.07) is 0. The van der Waals surface area contributed by atoms with Gasteiger partial charge in [-0.15, -0.1) is 0 Å². The van der Waals surface area contributed by atoms with Gasteiger partial charge in [-0.25, -0.2) is 14.4 Å². The maximum Gasteiger partial charge on any atom is 0.347 e. The van der Waals surface area contributed by atoms with Gasteiger partial charge in [0.25, 0.3) is 0 Å². The number of carbonyl (C=O) groups is 6. The molecule has 1 heterocycles. The Morgan fingerprint density at radius 1 is 0.800 bits per heavy atom. The SMILES string of the molecule is CC1OC(=O)C(C)OC1=O.COC(C)C(=O)OC(C)C(C)=O.COCCCCCC(C)=O.O=C1CCCCCC1. The van der Waals surface area contributed by atoms with Gasteiger partial charge in [-0.05, 0) is 67.2 Å². The number of carbonyl (C=O) groups excluding carboxylic acids is 6. The van der Waals surface area contributed by atoms with E-state index >= 15 is 0 Å². The molecule has 40 heavy (non-hydrogen) atoms. The van der Waals surface area contributed by atoms with E-state index in [1.807, 2.05) is 0 Å². The fourth-order valence-electron chi connectivity index (χ4n) is 3.01. The molecular formula is C29H50O11. The van der Waals surface area contributed by atoms with Gasteiger partial charge in [0.1, 0.15) is 11.6 Å². The second kappa shape index (κ2) is 24.2. The maximum atomic E-state index is 11.0. The Morgan fingerprint density at radius 3 is 1.70 bits per heavy atom. The average Bonchev–Trinajstić information content (AvgIpc) is 3.15. The van der Waals surface area contributed by atoms with E-state index in [9.17, 15) is 28.8 Å². The van der Waals surface area contributed by atoms with E-state index in [0.29, 0.717) is 5.78 Å². The Bertz CT molecular complexity index is 748. The number of cyclic esters (lactones) is 2. The molecule has 0 spiro atoms. The number of unbranched alkanes of at least 4 members (excludes halogenated alkanes) is 2. The molecule has 2 aliphatic rings. The summed E-state index contributed by atoms with van der Waals surface area (Å²) < 4.78 is 23.5. The zero-order valence-electron chi connectivity index (χ0n) is 25.6. The second-order valence-corrected chi connectivity index (χ2v) is 9.68. The summed E-state index contributed by atoms with van der Waals surface area (Å²) >= 11 is 0. The van der Waals surface area contributed by atoms with Gasteiger partial charge in [-0.3, -0.25) is 9.59 Å². The zero-order valence-corrected chi connectivity index (χ0v) is 25.6. The molecule has 1 aliphatic carbocycles. The van der Waals surface area contributed by atoms with Gasteiger partial charge in [0.2, 0.25) is 0 Å². The first kappa shape index (κ1) is 39.5. The lowest BCUT2D eigenvalue weighted by Crippen LogP contribution is -2.40. The summed E-state index contributed by atoms with van der Waals surface area (Å²) in [6.07, 6.45) is 7.63. The van der Waals surface area contributed by atoms with Crippen LogP contribution in [0, 0.1) is 0 Å². The summed E-state index contributed by atoms with van der Waals surface area (Å²) in [5.41, 5.74) is 0. The van der Waals surface area contributed by atoms with Crippen molar-refractivity contribution in [3.63, 3.8) is 0 Å². The van der Waals surface area contributed by atoms with Crippen molar-refractivity contribution in [3.8, 4) is 0 Å². The summed E-state index contributed by atoms with van der Waals surface area (Å²) in [4.78, 5) is 64.1. The molecule has 1 saturated carbocycles. The molecule has 0 radical (unpaired) electrons. The van der Waals surface area contributed by atoms with Crippen LogP contribution < -0.4 is 0 Å². The Morgan fingerprint density at radius 2 is 1.30 bits per heavy atom. The van der Waals surface area contributed by atoms with Crippen LogP contribution in [0.4, 0.5) is 0 Å². The predicted molar refractivity (Wildman–Crippen MR) is 148 cm³/mol. The average molecular weight is 575 g/mol. The van der Waals surface area contributed by atoms with E-state index in [2.05, 4.69) is 9.47 Å². The lowest BCUT2D eigenvalue weighted by Gasteiger charge is -2.22. The van der Waals surface area contributed by atoms with Gasteiger partial charge in [-0.2, -0.15) is 0 Å². The first-order valence-electron chi connectivity index (χ1n) is 13.9. The molecule has 0 aromatic rings. The molecule has 0 aromatic carbocycles. The van der Waals surface area contributed by atoms with Crippen molar-refractivity contribution >= 4 is 35.3 Å². The normalized spacial score (nSPS) is 19.8. The summed E-state index contributed by atoms with van der Waals surface area (Å²) in [6.45, 7) is 9.87. The number of Topliss-reactive ketones (excluding diaryl/α,β-unsaturated/α-hetero) is 3. The van der Waals surface area contributed by atoms with Crippen LogP contribution in [-0.4, -0.2) is 80.5 Å². The second-order valence-electron chi connectivity index (χ2n) is 9.68. The van der Waals surface area contributed by atoms with Crippen LogP contribution in [0.5, 0.6) is 0 Å². The number of hydrogen-bond donors (Lipinski definition) is 0. The number of esters is 3. The minimum Gasteiger partial charge on any atom is -0.453 e. The molecule has 11 heteroatoms. The molecule has 11 nitrogen and oxygen atoms in total. The predicted octanol–water partition coefficient (Wildman–Crippen LogP) is 4.10. The van der Waals surface area contributed by atoms with E-state index in [1.165, 1.54) is 47.6 Å². The van der Waals surface area contributed by atoms with Crippen LogP contribution in [0.25, 0.3) is 0 Å². The monoisotopic (exact) mass is 574 g/mol. The van der Waals surface area contributed by atoms with Crippen LogP contribution in [0.2, 0.25) is 0 Å². The number of rotatable bonds is 10. The highest BCUT2D eigenvalue weighted by atomic mass is 16.6. The van der Waals surface area contributed by atoms with Crippen LogP contribution in [0.1, 0.15) is 106 Å². The molecule has 0 N–H and O–H groups in total. The Balaban J connectivity index is 0. The molecule has 4 atom stereocenters. The molecule has 0 amide bonds. The van der Waals surface area contributed by atoms with Crippen molar-refractivity contribution in [1.29, 1.82) is 0 Å². The molecule has 4 unspecified atom stereocenters. The van der Waals surface area contributed by atoms with Gasteiger partial charge < -0.3 is 28.5 Å². The number of ketones is 3. The van der Waals surface area contributed by atoms with Crippen molar-refractivity contribution in [2.45, 2.75) is 130 Å². The fourth-order valence-corrected chi connectivity index (χ4v) is 3.01. The van der Waals surface area contributed by atoms with Crippen molar-refractivity contribution in [2.75, 3.05) is 20.8 Å². The fraction of sp³-hybridized carbons (Fsp3) is 0.793. The Kier molecular flexibility index (Phi) is 23.9. The summed E-state index contributed by atoms with van der Waals surface area (Å²) in [5, 5.41) is 0. The van der Waals surface area contributed by atoms with E-state index in [4.69, 9.17) is 14.2 Å². The number of methoxy groups -OCH3 is 2. The maximum absolute atomic E-state index is 11.0. The largest absolute Gasteiger partial charge is 0.453 e. The summed E-state index contributed by atoms with van der Waals surface area (Å²) in [5.74, 6) is -0.883. The molecule has 2 rings (SSSR count). The highest BCUT2D eigenvalue weighted by Gasteiger charge is 2.32. The molecule has 232 valence electrons. The molecule has 0 bridgehead atoms. The zero-order chi connectivity index (χ0) is 31.1. The third kappa shape index (κ3) is 22.2. The molecular weight excluding hydrogens is 524 g/mol. The highest BCUT2D eigenvalue weighted by Crippen LogP contribution is 2.13. The topological polar surface area (TPSA) is 149 Å². The lowest BCUT2D eigenvalue weighted by molar-refractivity contribution is -0.191. The Labute approximate surface area is 239 Å². The Hall–Kier alpha value is -2.66. The van der Waals surface area contributed by atoms with Gasteiger partial charge in [0.05, 0.1) is 0 Å². The number of hydrogen-bond acceptors (Lipinski definition) is 11. The quantitative estimate of drug-likeness (QED) is 0.161. The third-order valence-electron chi connectivity index (χ3n) is 5.84. The minimum absolute atomic E-state index is 0.174. The van der Waals surface area contributed by atoms with Crippen LogP contribution in [0.3, 0.4) is 0 Å². The smallest absolute Gasteiger partial charge is 0.347 e. The molecule has 2 fully saturated rings. The van der Waals surface area contributed by atoms with Gasteiger partial charge >= 0.3 is 17.9 Å². The van der Waals surface area contributed by atoms with Gasteiger partial charge in [-0.1, -0.05) is 19.3 Å². The third-order valence-corrected chi connectivity index (χ3v) is 5.84. The molecule has 1 saturated heterocycles. The first-order valence-corrected chi connectivity index (χ1v) is 13.9.